The number of ether oxygens (including phenoxy) is 1. The number of imidazole rings is 1. The molecule has 1 aromatic heterocycles. The van der Waals surface area contributed by atoms with Crippen molar-refractivity contribution in [3.63, 3.8) is 0 Å². The van der Waals surface area contributed by atoms with Crippen LogP contribution in [-0.2, 0) is 33.9 Å². The zero-order chi connectivity index (χ0) is 45.2. The third-order valence-corrected chi connectivity index (χ3v) is 12.7. The summed E-state index contributed by atoms with van der Waals surface area (Å²) in [5.41, 5.74) is 3.09. The van der Waals surface area contributed by atoms with Gasteiger partial charge in [-0.3, -0.25) is 29.8 Å². The molecule has 2 unspecified atom stereocenters. The fraction of sp³-hybridized carbons (Fsp3) is 0.674. The third kappa shape index (κ3) is 16.0. The van der Waals surface area contributed by atoms with E-state index in [1.54, 1.807) is 25.3 Å². The van der Waals surface area contributed by atoms with Crippen molar-refractivity contribution in [3.8, 4) is 0 Å². The summed E-state index contributed by atoms with van der Waals surface area (Å²) in [7, 11) is -3.76. The summed E-state index contributed by atoms with van der Waals surface area (Å²) in [5, 5.41) is 24.7. The minimum absolute atomic E-state index is 0.0678. The van der Waals surface area contributed by atoms with Crippen molar-refractivity contribution in [1.82, 2.24) is 46.6 Å². The van der Waals surface area contributed by atoms with Gasteiger partial charge in [-0.1, -0.05) is 91.7 Å². The van der Waals surface area contributed by atoms with Gasteiger partial charge in [0.05, 0.1) is 30.3 Å². The number of ketones is 1. The second-order valence-corrected chi connectivity index (χ2v) is 19.2. The SMILES string of the molecule is CCCC(NN([O-])[C@H](CC(C)C)NC(=O)[C@@H](NC(=O)OCC(C)C)C1CCCCC1)C(=O)C(=O)NCC(=O)NC(c1ccc(S(=O)(=O)NCC2CCCCC2)cc1)c1ncc[nH]1. The quantitative estimate of drug-likeness (QED) is 0.0439. The maximum absolute atomic E-state index is 13.8. The van der Waals surface area contributed by atoms with Crippen molar-refractivity contribution in [1.29, 1.82) is 0 Å². The predicted octanol–water partition coefficient (Wildman–Crippen LogP) is 4.45. The lowest BCUT2D eigenvalue weighted by atomic mass is 9.83. The maximum atomic E-state index is 13.8. The first-order valence-corrected chi connectivity index (χ1v) is 23.7. The number of H-pyrrole nitrogens is 1. The molecular formula is C43H68N9O9S-. The number of hydrazine groups is 1. The van der Waals surface area contributed by atoms with Crippen molar-refractivity contribution in [2.24, 2.45) is 23.7 Å². The van der Waals surface area contributed by atoms with E-state index in [1.807, 2.05) is 27.7 Å². The first-order chi connectivity index (χ1) is 29.6. The lowest BCUT2D eigenvalue weighted by Crippen LogP contribution is -2.61. The summed E-state index contributed by atoms with van der Waals surface area (Å²) in [4.78, 5) is 73.7. The Balaban J connectivity index is 1.37. The van der Waals surface area contributed by atoms with E-state index in [9.17, 15) is 37.6 Å². The molecule has 2 aromatic rings. The van der Waals surface area contributed by atoms with Crippen LogP contribution in [0.3, 0.4) is 0 Å². The van der Waals surface area contributed by atoms with E-state index in [0.717, 1.165) is 57.8 Å². The largest absolute Gasteiger partial charge is 0.770 e. The molecule has 1 heterocycles. The molecule has 0 spiro atoms. The minimum Gasteiger partial charge on any atom is -0.770 e. The smallest absolute Gasteiger partial charge is 0.407 e. The van der Waals surface area contributed by atoms with E-state index >= 15 is 0 Å². The molecule has 0 bridgehead atoms. The van der Waals surface area contributed by atoms with Gasteiger partial charge in [0.2, 0.25) is 27.6 Å². The van der Waals surface area contributed by atoms with Crippen LogP contribution in [0.25, 0.3) is 0 Å². The fourth-order valence-corrected chi connectivity index (χ4v) is 9.00. The van der Waals surface area contributed by atoms with E-state index < -0.39 is 70.5 Å². The molecule has 19 heteroatoms. The van der Waals surface area contributed by atoms with E-state index in [0.29, 0.717) is 35.4 Å². The number of amides is 4. The number of sulfonamides is 1. The first kappa shape index (κ1) is 50.2. The molecule has 0 radical (unpaired) electrons. The predicted molar refractivity (Wildman–Crippen MR) is 233 cm³/mol. The summed E-state index contributed by atoms with van der Waals surface area (Å²) in [6.07, 6.45) is 11.5. The molecule has 0 aliphatic heterocycles. The number of hydrogen-bond donors (Lipinski definition) is 7. The topological polar surface area (TPSA) is 256 Å². The van der Waals surface area contributed by atoms with Crippen LogP contribution < -0.4 is 31.4 Å². The number of aromatic amines is 1. The molecule has 2 aliphatic rings. The minimum atomic E-state index is -3.76. The molecule has 2 fully saturated rings. The van der Waals surface area contributed by atoms with Crippen molar-refractivity contribution in [3.05, 3.63) is 53.3 Å². The molecule has 1 aromatic carbocycles. The van der Waals surface area contributed by atoms with Crippen LogP contribution in [-0.4, -0.2) is 91.1 Å². The Hall–Kier alpha value is -4.43. The fourth-order valence-electron chi connectivity index (χ4n) is 7.88. The zero-order valence-electron chi connectivity index (χ0n) is 36.9. The van der Waals surface area contributed by atoms with Gasteiger partial charge in [0, 0.05) is 18.9 Å². The molecule has 2 aliphatic carbocycles. The highest BCUT2D eigenvalue weighted by Crippen LogP contribution is 2.28. The van der Waals surface area contributed by atoms with Gasteiger partial charge < -0.3 is 36.2 Å². The van der Waals surface area contributed by atoms with Crippen molar-refractivity contribution >= 4 is 39.6 Å². The van der Waals surface area contributed by atoms with Crippen molar-refractivity contribution in [2.45, 2.75) is 147 Å². The number of rotatable bonds is 24. The van der Waals surface area contributed by atoms with Crippen LogP contribution in [0, 0.1) is 28.9 Å². The Kier molecular flexibility index (Phi) is 20.3. The van der Waals surface area contributed by atoms with Crippen LogP contribution >= 0.6 is 0 Å². The molecule has 4 rings (SSSR count). The van der Waals surface area contributed by atoms with Crippen LogP contribution in [0.2, 0.25) is 0 Å². The van der Waals surface area contributed by atoms with Gasteiger partial charge in [0.25, 0.3) is 5.91 Å². The standard InChI is InChI=1S/C43H68N9O9S/c1-6-13-34(51-52(58)35(24-28(2)3)48-41(55)38(31-16-11-8-12-17-31)50-43(57)61-27-29(4)5)39(54)42(56)46-26-36(53)49-37(40-44-22-23-45-40)32-18-20-33(21-19-32)62(59,60)47-25-30-14-9-7-10-15-30/h18-23,28-31,34-35,37-38,47,51H,6-17,24-27H2,1-5H3,(H,44,45)(H,46,56)(H,48,55)(H,49,53)(H,50,57)/q-1/t34?,35-,37?,38+/m1/s1. The Morgan fingerprint density at radius 2 is 1.56 bits per heavy atom. The number of benzene rings is 1. The highest BCUT2D eigenvalue weighted by atomic mass is 32.2. The van der Waals surface area contributed by atoms with Gasteiger partial charge in [0.1, 0.15) is 17.9 Å². The van der Waals surface area contributed by atoms with Gasteiger partial charge in [0.15, 0.2) is 0 Å². The van der Waals surface area contributed by atoms with Gasteiger partial charge in [-0.2, -0.15) is 0 Å². The van der Waals surface area contributed by atoms with Gasteiger partial charge in [-0.25, -0.2) is 22.9 Å². The average Bonchev–Trinajstić information content (AvgIpc) is 3.80. The molecular weight excluding hydrogens is 819 g/mol. The van der Waals surface area contributed by atoms with Crippen LogP contribution in [0.5, 0.6) is 0 Å². The first-order valence-electron chi connectivity index (χ1n) is 22.2. The van der Waals surface area contributed by atoms with Gasteiger partial charge in [-0.15, -0.1) is 0 Å². The number of carbonyl (C=O) groups is 5. The number of nitrogens with zero attached hydrogens (tertiary/aromatic N) is 2. The third-order valence-electron chi connectivity index (χ3n) is 11.2. The Morgan fingerprint density at radius 3 is 2.16 bits per heavy atom. The van der Waals surface area contributed by atoms with Gasteiger partial charge >= 0.3 is 6.09 Å². The number of alkyl carbamates (subject to hydrolysis) is 1. The summed E-state index contributed by atoms with van der Waals surface area (Å²) >= 11 is 0. The van der Waals surface area contributed by atoms with E-state index in [-0.39, 0.29) is 42.1 Å². The summed E-state index contributed by atoms with van der Waals surface area (Å²) < 4.78 is 34.1. The highest BCUT2D eigenvalue weighted by Gasteiger charge is 2.34. The lowest BCUT2D eigenvalue weighted by Gasteiger charge is -2.41. The molecule has 0 saturated heterocycles. The Bertz CT molecular complexity index is 1830. The molecule has 18 nitrogen and oxygen atoms in total. The van der Waals surface area contributed by atoms with Crippen LogP contribution in [0.1, 0.15) is 136 Å². The number of nitrogens with one attached hydrogen (secondary N) is 7. The molecule has 4 atom stereocenters. The summed E-state index contributed by atoms with van der Waals surface area (Å²) in [5.74, 6) is -2.77. The van der Waals surface area contributed by atoms with Crippen molar-refractivity contribution in [2.75, 3.05) is 19.7 Å². The molecule has 2 saturated carbocycles. The Morgan fingerprint density at radius 1 is 0.903 bits per heavy atom. The Labute approximate surface area is 366 Å². The summed E-state index contributed by atoms with van der Waals surface area (Å²) in [6, 6.07) is 2.97. The number of carbonyl (C=O) groups excluding carboxylic acids is 5. The number of Topliss-reactive ketones (excluding diaryl/α,β-unsaturated/α-hetero) is 1. The van der Waals surface area contributed by atoms with E-state index in [1.165, 1.54) is 24.8 Å². The van der Waals surface area contributed by atoms with Crippen LogP contribution in [0.15, 0.2) is 41.6 Å². The molecule has 62 heavy (non-hydrogen) atoms. The van der Waals surface area contributed by atoms with Gasteiger partial charge in [-0.05, 0) is 79.9 Å². The molecule has 4 amide bonds. The molecule has 346 valence electrons. The number of hydrogen-bond acceptors (Lipinski definition) is 12. The summed E-state index contributed by atoms with van der Waals surface area (Å²) in [6.45, 7) is 9.28. The second-order valence-electron chi connectivity index (χ2n) is 17.4. The zero-order valence-corrected chi connectivity index (χ0v) is 37.7. The maximum Gasteiger partial charge on any atom is 0.407 e. The monoisotopic (exact) mass is 886 g/mol. The molecule has 7 N–H and O–H groups in total. The van der Waals surface area contributed by atoms with E-state index in [2.05, 4.69) is 41.4 Å². The average molecular weight is 887 g/mol. The lowest BCUT2D eigenvalue weighted by molar-refractivity contribution is -0.140. The number of aromatic nitrogens is 2. The van der Waals surface area contributed by atoms with Crippen LogP contribution in [0.4, 0.5) is 4.79 Å². The van der Waals surface area contributed by atoms with Crippen molar-refractivity contribution < 1.29 is 37.1 Å². The second kappa shape index (κ2) is 25.0. The number of hydroxylamine groups is 1. The highest BCUT2D eigenvalue weighted by molar-refractivity contribution is 7.89. The van der Waals surface area contributed by atoms with E-state index in [4.69, 9.17) is 4.74 Å². The normalized spacial score (nSPS) is 17.2.